The lowest BCUT2D eigenvalue weighted by Gasteiger charge is -2.08. The number of aryl methyl sites for hydroxylation is 1. The fourth-order valence-corrected chi connectivity index (χ4v) is 3.92. The van der Waals surface area contributed by atoms with Crippen molar-refractivity contribution in [2.45, 2.75) is 6.92 Å². The third kappa shape index (κ3) is 3.83. The summed E-state index contributed by atoms with van der Waals surface area (Å²) in [4.78, 5) is 17.8. The molecule has 0 unspecified atom stereocenters. The van der Waals surface area contributed by atoms with E-state index in [9.17, 15) is 4.79 Å². The van der Waals surface area contributed by atoms with Gasteiger partial charge >= 0.3 is 0 Å². The van der Waals surface area contributed by atoms with Crippen molar-refractivity contribution in [3.8, 4) is 22.1 Å². The molecule has 0 aliphatic rings. The zero-order valence-electron chi connectivity index (χ0n) is 14.5. The predicted octanol–water partition coefficient (Wildman–Crippen LogP) is 4.99. The van der Waals surface area contributed by atoms with E-state index in [1.54, 1.807) is 14.2 Å². The minimum absolute atomic E-state index is 0.157. The van der Waals surface area contributed by atoms with Crippen LogP contribution in [-0.2, 0) is 0 Å². The summed E-state index contributed by atoms with van der Waals surface area (Å²) in [5.74, 6) is 1.12. The molecule has 0 fully saturated rings. The molecule has 0 aliphatic heterocycles. The van der Waals surface area contributed by atoms with Gasteiger partial charge in [0.1, 0.15) is 9.88 Å². The fraction of sp³-hybridized carbons (Fsp3) is 0.158. The second kappa shape index (κ2) is 8.05. The summed E-state index contributed by atoms with van der Waals surface area (Å²) >= 11 is 3.55. The number of nitrogens with zero attached hydrogens (tertiary/aromatic N) is 1. The number of methoxy groups -OCH3 is 2. The lowest BCUT2D eigenvalue weighted by atomic mass is 10.2. The van der Waals surface area contributed by atoms with Gasteiger partial charge in [0, 0.05) is 9.13 Å². The van der Waals surface area contributed by atoms with Crippen molar-refractivity contribution < 1.29 is 14.3 Å². The van der Waals surface area contributed by atoms with Gasteiger partial charge in [0.05, 0.1) is 25.6 Å². The van der Waals surface area contributed by atoms with Gasteiger partial charge in [-0.25, -0.2) is 4.98 Å². The maximum Gasteiger partial charge on any atom is 0.267 e. The molecular formula is C19H17IN2O3S. The molecule has 1 N–H and O–H groups in total. The average molecular weight is 480 g/mol. The Morgan fingerprint density at radius 1 is 1.12 bits per heavy atom. The zero-order valence-corrected chi connectivity index (χ0v) is 17.5. The Hall–Kier alpha value is -2.13. The highest BCUT2D eigenvalue weighted by Crippen LogP contribution is 2.35. The molecule has 0 bridgehead atoms. The molecule has 5 nitrogen and oxygen atoms in total. The quantitative estimate of drug-likeness (QED) is 0.523. The van der Waals surface area contributed by atoms with Crippen LogP contribution < -0.4 is 14.8 Å². The summed E-state index contributed by atoms with van der Waals surface area (Å²) in [6, 6.07) is 13.3. The van der Waals surface area contributed by atoms with Crippen molar-refractivity contribution in [2.75, 3.05) is 19.5 Å². The van der Waals surface area contributed by atoms with Crippen molar-refractivity contribution in [3.05, 3.63) is 56.6 Å². The van der Waals surface area contributed by atoms with Crippen LogP contribution in [-0.4, -0.2) is 25.1 Å². The zero-order chi connectivity index (χ0) is 18.7. The molecule has 7 heteroatoms. The van der Waals surface area contributed by atoms with Crippen LogP contribution in [0.3, 0.4) is 0 Å². The van der Waals surface area contributed by atoms with Crippen LogP contribution in [0.25, 0.3) is 10.6 Å². The Bertz CT molecular complexity index is 956. The Labute approximate surface area is 169 Å². The standard InChI is InChI=1S/C19H17IN2O3S/c1-11-17(18(23)22-14-7-5-4-6-13(14)20)26-19(21-11)12-8-9-15(24-2)16(10-12)25-3/h4-10H,1-3H3,(H,22,23). The number of rotatable bonds is 5. The number of ether oxygens (including phenoxy) is 2. The van der Waals surface area contributed by atoms with E-state index in [0.29, 0.717) is 22.1 Å². The first-order chi connectivity index (χ1) is 12.5. The van der Waals surface area contributed by atoms with E-state index in [-0.39, 0.29) is 5.91 Å². The number of nitrogens with one attached hydrogen (secondary N) is 1. The highest BCUT2D eigenvalue weighted by Gasteiger charge is 2.18. The summed E-state index contributed by atoms with van der Waals surface area (Å²) in [6.07, 6.45) is 0. The number of para-hydroxylation sites is 1. The molecule has 26 heavy (non-hydrogen) atoms. The van der Waals surface area contributed by atoms with E-state index < -0.39 is 0 Å². The molecule has 0 spiro atoms. The average Bonchev–Trinajstić information content (AvgIpc) is 3.04. The molecule has 0 saturated heterocycles. The van der Waals surface area contributed by atoms with Crippen molar-refractivity contribution in [1.82, 2.24) is 4.98 Å². The second-order valence-electron chi connectivity index (χ2n) is 5.44. The van der Waals surface area contributed by atoms with Gasteiger partial charge in [0.15, 0.2) is 11.5 Å². The Morgan fingerprint density at radius 3 is 2.54 bits per heavy atom. The Kier molecular flexibility index (Phi) is 5.77. The topological polar surface area (TPSA) is 60.5 Å². The first-order valence-electron chi connectivity index (χ1n) is 7.79. The lowest BCUT2D eigenvalue weighted by Crippen LogP contribution is -2.12. The minimum atomic E-state index is -0.157. The minimum Gasteiger partial charge on any atom is -0.493 e. The first-order valence-corrected chi connectivity index (χ1v) is 9.68. The van der Waals surface area contributed by atoms with Crippen LogP contribution >= 0.6 is 33.9 Å². The van der Waals surface area contributed by atoms with Crippen LogP contribution in [0.2, 0.25) is 0 Å². The summed E-state index contributed by atoms with van der Waals surface area (Å²) in [5.41, 5.74) is 2.37. The first kappa shape index (κ1) is 18.7. The van der Waals surface area contributed by atoms with E-state index >= 15 is 0 Å². The molecule has 134 valence electrons. The normalized spacial score (nSPS) is 10.5. The second-order valence-corrected chi connectivity index (χ2v) is 7.60. The number of hydrogen-bond donors (Lipinski definition) is 1. The summed E-state index contributed by atoms with van der Waals surface area (Å²) in [7, 11) is 3.19. The number of anilines is 1. The Balaban J connectivity index is 1.90. The molecule has 0 atom stereocenters. The van der Waals surface area contributed by atoms with Gasteiger partial charge in [-0.3, -0.25) is 4.79 Å². The molecule has 3 aromatic rings. The number of halogens is 1. The van der Waals surface area contributed by atoms with Crippen LogP contribution in [0.4, 0.5) is 5.69 Å². The number of hydrogen-bond acceptors (Lipinski definition) is 5. The number of aromatic nitrogens is 1. The number of thiazole rings is 1. The van der Waals surface area contributed by atoms with Gasteiger partial charge in [-0.2, -0.15) is 0 Å². The molecule has 1 heterocycles. The van der Waals surface area contributed by atoms with Gasteiger partial charge in [0.2, 0.25) is 0 Å². The molecule has 1 aromatic heterocycles. The van der Waals surface area contributed by atoms with Gasteiger partial charge in [-0.1, -0.05) is 12.1 Å². The summed E-state index contributed by atoms with van der Waals surface area (Å²) < 4.78 is 11.6. The SMILES string of the molecule is COc1ccc(-c2nc(C)c(C(=O)Nc3ccccc3I)s2)cc1OC. The highest BCUT2D eigenvalue weighted by molar-refractivity contribution is 14.1. The van der Waals surface area contributed by atoms with Crippen molar-refractivity contribution in [1.29, 1.82) is 0 Å². The van der Waals surface area contributed by atoms with Gasteiger partial charge in [0.25, 0.3) is 5.91 Å². The molecule has 0 saturated carbocycles. The number of benzene rings is 2. The van der Waals surface area contributed by atoms with Crippen molar-refractivity contribution >= 4 is 45.5 Å². The maximum absolute atomic E-state index is 12.7. The third-order valence-electron chi connectivity index (χ3n) is 3.76. The van der Waals surface area contributed by atoms with E-state index in [0.717, 1.165) is 19.8 Å². The van der Waals surface area contributed by atoms with E-state index in [1.807, 2.05) is 49.4 Å². The van der Waals surface area contributed by atoms with E-state index in [4.69, 9.17) is 9.47 Å². The summed E-state index contributed by atoms with van der Waals surface area (Å²) in [5, 5.41) is 3.71. The molecule has 2 aromatic carbocycles. The van der Waals surface area contributed by atoms with Crippen LogP contribution in [0.5, 0.6) is 11.5 Å². The van der Waals surface area contributed by atoms with E-state index in [2.05, 4.69) is 32.9 Å². The van der Waals surface area contributed by atoms with Crippen LogP contribution in [0, 0.1) is 10.5 Å². The van der Waals surface area contributed by atoms with Gasteiger partial charge < -0.3 is 14.8 Å². The predicted molar refractivity (Wildman–Crippen MR) is 113 cm³/mol. The van der Waals surface area contributed by atoms with Crippen molar-refractivity contribution in [3.63, 3.8) is 0 Å². The molecule has 0 radical (unpaired) electrons. The molecule has 3 rings (SSSR count). The number of carbonyl (C=O) groups excluding carboxylic acids is 1. The van der Waals surface area contributed by atoms with E-state index in [1.165, 1.54) is 11.3 Å². The smallest absolute Gasteiger partial charge is 0.267 e. The van der Waals surface area contributed by atoms with Crippen molar-refractivity contribution in [2.24, 2.45) is 0 Å². The molecule has 1 amide bonds. The Morgan fingerprint density at radius 2 is 1.85 bits per heavy atom. The molecule has 0 aliphatic carbocycles. The summed E-state index contributed by atoms with van der Waals surface area (Å²) in [6.45, 7) is 1.84. The third-order valence-corrected chi connectivity index (χ3v) is 5.90. The largest absolute Gasteiger partial charge is 0.493 e. The number of carbonyl (C=O) groups is 1. The van der Waals surface area contributed by atoms with Crippen LogP contribution in [0.15, 0.2) is 42.5 Å². The molecular weight excluding hydrogens is 463 g/mol. The van der Waals surface area contributed by atoms with Crippen LogP contribution in [0.1, 0.15) is 15.4 Å². The van der Waals surface area contributed by atoms with Gasteiger partial charge in [-0.05, 0) is 59.8 Å². The maximum atomic E-state index is 12.7. The highest BCUT2D eigenvalue weighted by atomic mass is 127. The lowest BCUT2D eigenvalue weighted by molar-refractivity contribution is 0.102. The van der Waals surface area contributed by atoms with Gasteiger partial charge in [-0.15, -0.1) is 11.3 Å². The fourth-order valence-electron chi connectivity index (χ4n) is 2.44. The monoisotopic (exact) mass is 480 g/mol. The number of amides is 1.